The first-order valence-electron chi connectivity index (χ1n) is 9.70. The second-order valence-electron chi connectivity index (χ2n) is 7.04. The highest BCUT2D eigenvalue weighted by Gasteiger charge is 2.35. The number of hydrogen-bond donors (Lipinski definition) is 1. The summed E-state index contributed by atoms with van der Waals surface area (Å²) in [5.41, 5.74) is 1.30. The quantitative estimate of drug-likeness (QED) is 0.613. The lowest BCUT2D eigenvalue weighted by Gasteiger charge is -2.22. The number of carbonyl (C=O) groups excluding carboxylic acids is 2. The van der Waals surface area contributed by atoms with Gasteiger partial charge in [0, 0.05) is 23.6 Å². The first-order chi connectivity index (χ1) is 15.0. The summed E-state index contributed by atoms with van der Waals surface area (Å²) in [6.07, 6.45) is 0.647. The zero-order chi connectivity index (χ0) is 21.8. The molecule has 2 heterocycles. The first-order valence-corrected chi connectivity index (χ1v) is 10.6. The lowest BCUT2D eigenvalue weighted by atomic mass is 10.1. The number of aromatic nitrogens is 1. The molecule has 2 amide bonds. The topological polar surface area (TPSA) is 71.5 Å². The van der Waals surface area contributed by atoms with Gasteiger partial charge in [0.1, 0.15) is 24.3 Å². The van der Waals surface area contributed by atoms with Gasteiger partial charge in [0.05, 0.1) is 5.69 Å². The van der Waals surface area contributed by atoms with Crippen LogP contribution in [0.5, 0.6) is 0 Å². The van der Waals surface area contributed by atoms with Crippen molar-refractivity contribution in [3.8, 4) is 11.3 Å². The van der Waals surface area contributed by atoms with Crippen LogP contribution in [0.4, 0.5) is 18.7 Å². The van der Waals surface area contributed by atoms with Crippen LogP contribution in [-0.2, 0) is 16.1 Å². The first kappa shape index (κ1) is 20.9. The summed E-state index contributed by atoms with van der Waals surface area (Å²) in [4.78, 5) is 30.8. The summed E-state index contributed by atoms with van der Waals surface area (Å²) in [6, 6.07) is 11.9. The average Bonchev–Trinajstić information content (AvgIpc) is 3.43. The van der Waals surface area contributed by atoms with Gasteiger partial charge in [0.2, 0.25) is 5.91 Å². The Morgan fingerprint density at radius 3 is 2.77 bits per heavy atom. The molecule has 1 fully saturated rings. The Hall–Kier alpha value is -3.33. The van der Waals surface area contributed by atoms with Crippen molar-refractivity contribution in [1.82, 2.24) is 9.88 Å². The van der Waals surface area contributed by atoms with Crippen molar-refractivity contribution in [2.24, 2.45) is 0 Å². The number of carbonyl (C=O) groups is 2. The number of amides is 2. The number of rotatable bonds is 5. The van der Waals surface area contributed by atoms with Crippen LogP contribution in [0.25, 0.3) is 11.3 Å². The molecular formula is C22H19F2N3O3S. The maximum Gasteiger partial charge on any atom is 0.410 e. The van der Waals surface area contributed by atoms with Crippen LogP contribution in [0.3, 0.4) is 0 Å². The molecule has 1 aromatic heterocycles. The van der Waals surface area contributed by atoms with Gasteiger partial charge in [-0.2, -0.15) is 0 Å². The second-order valence-corrected chi connectivity index (χ2v) is 7.90. The number of anilines is 1. The summed E-state index contributed by atoms with van der Waals surface area (Å²) < 4.78 is 32.4. The Morgan fingerprint density at radius 1 is 1.19 bits per heavy atom. The molecule has 3 aromatic rings. The van der Waals surface area contributed by atoms with Crippen LogP contribution in [-0.4, -0.2) is 34.5 Å². The molecule has 31 heavy (non-hydrogen) atoms. The minimum Gasteiger partial charge on any atom is -0.445 e. The number of likely N-dealkylation sites (tertiary alicyclic amines) is 1. The highest BCUT2D eigenvalue weighted by molar-refractivity contribution is 7.14. The van der Waals surface area contributed by atoms with E-state index in [0.717, 1.165) is 29.0 Å². The summed E-state index contributed by atoms with van der Waals surface area (Å²) in [5, 5.41) is 4.53. The molecule has 160 valence electrons. The van der Waals surface area contributed by atoms with Crippen molar-refractivity contribution in [2.45, 2.75) is 25.5 Å². The number of benzene rings is 2. The molecule has 6 nitrogen and oxygen atoms in total. The zero-order valence-corrected chi connectivity index (χ0v) is 17.2. The van der Waals surface area contributed by atoms with Gasteiger partial charge in [-0.05, 0) is 30.5 Å². The molecule has 1 aliphatic rings. The van der Waals surface area contributed by atoms with Crippen LogP contribution >= 0.6 is 11.3 Å². The van der Waals surface area contributed by atoms with E-state index in [1.54, 1.807) is 5.38 Å². The summed E-state index contributed by atoms with van der Waals surface area (Å²) in [5.74, 6) is -1.79. The molecule has 0 spiro atoms. The lowest BCUT2D eigenvalue weighted by molar-refractivity contribution is -0.120. The maximum atomic E-state index is 14.0. The monoisotopic (exact) mass is 443 g/mol. The zero-order valence-electron chi connectivity index (χ0n) is 16.4. The fourth-order valence-electron chi connectivity index (χ4n) is 3.40. The van der Waals surface area contributed by atoms with Crippen molar-refractivity contribution in [3.05, 3.63) is 71.1 Å². The highest BCUT2D eigenvalue weighted by atomic mass is 32.1. The predicted octanol–water partition coefficient (Wildman–Crippen LogP) is 4.83. The third-order valence-electron chi connectivity index (χ3n) is 4.94. The summed E-state index contributed by atoms with van der Waals surface area (Å²) in [6.45, 7) is 0.555. The number of nitrogens with one attached hydrogen (secondary N) is 1. The van der Waals surface area contributed by atoms with E-state index in [1.165, 1.54) is 11.0 Å². The molecule has 1 saturated heterocycles. The number of hydrogen-bond acceptors (Lipinski definition) is 5. The molecule has 0 saturated carbocycles. The smallest absolute Gasteiger partial charge is 0.410 e. The molecule has 4 rings (SSSR count). The Bertz CT molecular complexity index is 1090. The minimum atomic E-state index is -0.730. The van der Waals surface area contributed by atoms with Gasteiger partial charge in [-0.25, -0.2) is 18.6 Å². The Kier molecular flexibility index (Phi) is 6.22. The second kappa shape index (κ2) is 9.22. The molecule has 0 radical (unpaired) electrons. The molecule has 1 atom stereocenters. The Balaban J connectivity index is 1.38. The minimum absolute atomic E-state index is 0.129. The average molecular weight is 443 g/mol. The van der Waals surface area contributed by atoms with Crippen LogP contribution in [0, 0.1) is 11.6 Å². The number of thiazole rings is 1. The largest absolute Gasteiger partial charge is 0.445 e. The number of halogens is 2. The van der Waals surface area contributed by atoms with Gasteiger partial charge in [0.25, 0.3) is 0 Å². The van der Waals surface area contributed by atoms with E-state index in [-0.39, 0.29) is 23.2 Å². The fraction of sp³-hybridized carbons (Fsp3) is 0.227. The van der Waals surface area contributed by atoms with E-state index in [9.17, 15) is 18.4 Å². The van der Waals surface area contributed by atoms with E-state index in [1.807, 2.05) is 30.3 Å². The SMILES string of the molecule is O=C(Nc1nc(-c2ccc(F)cc2F)cs1)[C@@H]1CCCN1C(=O)OCc1ccccc1. The van der Waals surface area contributed by atoms with E-state index in [4.69, 9.17) is 4.74 Å². The third-order valence-corrected chi connectivity index (χ3v) is 5.69. The molecule has 0 unspecified atom stereocenters. The molecule has 9 heteroatoms. The van der Waals surface area contributed by atoms with Crippen molar-refractivity contribution in [1.29, 1.82) is 0 Å². The van der Waals surface area contributed by atoms with E-state index < -0.39 is 23.8 Å². The maximum absolute atomic E-state index is 14.0. The van der Waals surface area contributed by atoms with Crippen molar-refractivity contribution >= 4 is 28.5 Å². The van der Waals surface area contributed by atoms with Gasteiger partial charge in [-0.3, -0.25) is 9.69 Å². The van der Waals surface area contributed by atoms with Crippen LogP contribution in [0.15, 0.2) is 53.9 Å². The molecular weight excluding hydrogens is 424 g/mol. The van der Waals surface area contributed by atoms with Gasteiger partial charge in [-0.1, -0.05) is 30.3 Å². The van der Waals surface area contributed by atoms with Gasteiger partial charge < -0.3 is 10.1 Å². The Morgan fingerprint density at radius 2 is 2.00 bits per heavy atom. The van der Waals surface area contributed by atoms with Crippen molar-refractivity contribution in [3.63, 3.8) is 0 Å². The van der Waals surface area contributed by atoms with Crippen LogP contribution < -0.4 is 5.32 Å². The van der Waals surface area contributed by atoms with E-state index in [0.29, 0.717) is 25.1 Å². The highest BCUT2D eigenvalue weighted by Crippen LogP contribution is 2.28. The van der Waals surface area contributed by atoms with E-state index >= 15 is 0 Å². The fourth-order valence-corrected chi connectivity index (χ4v) is 4.11. The normalized spacial score (nSPS) is 15.7. The van der Waals surface area contributed by atoms with Gasteiger partial charge in [-0.15, -0.1) is 11.3 Å². The standard InChI is InChI=1S/C22H19F2N3O3S/c23-15-8-9-16(17(24)11-15)18-13-31-21(25-18)26-20(28)19-7-4-10-27(19)22(29)30-12-14-5-2-1-3-6-14/h1-3,5-6,8-9,11,13,19H,4,7,10,12H2,(H,25,26,28)/t19-/m0/s1. The molecule has 1 aliphatic heterocycles. The lowest BCUT2D eigenvalue weighted by Crippen LogP contribution is -2.43. The van der Waals surface area contributed by atoms with Crippen molar-refractivity contribution < 1.29 is 23.1 Å². The summed E-state index contributed by atoms with van der Waals surface area (Å²) >= 11 is 1.12. The molecule has 1 N–H and O–H groups in total. The summed E-state index contributed by atoms with van der Waals surface area (Å²) in [7, 11) is 0. The number of ether oxygens (including phenoxy) is 1. The van der Waals surface area contributed by atoms with Gasteiger partial charge >= 0.3 is 6.09 Å². The molecule has 0 aliphatic carbocycles. The van der Waals surface area contributed by atoms with Crippen LogP contribution in [0.1, 0.15) is 18.4 Å². The van der Waals surface area contributed by atoms with Crippen LogP contribution in [0.2, 0.25) is 0 Å². The van der Waals surface area contributed by atoms with Gasteiger partial charge in [0.15, 0.2) is 5.13 Å². The van der Waals surface area contributed by atoms with Crippen molar-refractivity contribution in [2.75, 3.05) is 11.9 Å². The van der Waals surface area contributed by atoms with E-state index in [2.05, 4.69) is 10.3 Å². The molecule has 2 aromatic carbocycles. The molecule has 0 bridgehead atoms. The predicted molar refractivity (Wildman–Crippen MR) is 112 cm³/mol. The third kappa shape index (κ3) is 4.88. The number of nitrogens with zero attached hydrogens (tertiary/aromatic N) is 2. The Labute approximate surface area is 181 Å².